The molecular formula is C25H44F2O3. The van der Waals surface area contributed by atoms with Gasteiger partial charge in [0, 0.05) is 6.61 Å². The van der Waals surface area contributed by atoms with Crippen LogP contribution in [0.25, 0.3) is 0 Å². The minimum absolute atomic E-state index is 0.0255. The maximum absolute atomic E-state index is 14.5. The van der Waals surface area contributed by atoms with Gasteiger partial charge in [-0.05, 0) is 69.8 Å². The highest BCUT2D eigenvalue weighted by Gasteiger charge is 2.23. The zero-order chi connectivity index (χ0) is 22.5. The molecule has 176 valence electrons. The summed E-state index contributed by atoms with van der Waals surface area (Å²) in [6, 6.07) is 0. The van der Waals surface area contributed by atoms with E-state index in [1.807, 2.05) is 20.8 Å². The fraction of sp³-hybridized carbons (Fsp3) is 0.840. The zero-order valence-electron chi connectivity index (χ0n) is 20.1. The van der Waals surface area contributed by atoms with Crippen molar-refractivity contribution in [2.75, 3.05) is 20.3 Å². The Morgan fingerprint density at radius 1 is 1.07 bits per heavy atom. The summed E-state index contributed by atoms with van der Waals surface area (Å²) in [5.74, 6) is -1.04. The summed E-state index contributed by atoms with van der Waals surface area (Å²) in [6.07, 6.45) is 9.75. The summed E-state index contributed by atoms with van der Waals surface area (Å²) in [5, 5.41) is 0. The van der Waals surface area contributed by atoms with Crippen LogP contribution in [0.15, 0.2) is 23.0 Å². The van der Waals surface area contributed by atoms with Crippen molar-refractivity contribution >= 4 is 0 Å². The number of methoxy groups -OCH3 is 1. The molecular weight excluding hydrogens is 386 g/mol. The highest BCUT2D eigenvalue weighted by molar-refractivity contribution is 5.28. The SMILES string of the molecule is CCCCCC1CCC(COC(C)CCC(C)/C(CC)=C(F)/C(F)=C(\C)OC)OC1. The Hall–Kier alpha value is -0.940. The normalized spacial score (nSPS) is 23.5. The summed E-state index contributed by atoms with van der Waals surface area (Å²) in [4.78, 5) is 0. The molecule has 1 saturated heterocycles. The quantitative estimate of drug-likeness (QED) is 0.161. The Labute approximate surface area is 183 Å². The summed E-state index contributed by atoms with van der Waals surface area (Å²) < 4.78 is 45.5. The van der Waals surface area contributed by atoms with Gasteiger partial charge in [0.05, 0.1) is 25.9 Å². The number of hydrogen-bond acceptors (Lipinski definition) is 3. The molecule has 1 fully saturated rings. The number of allylic oxidation sites excluding steroid dienone is 4. The van der Waals surface area contributed by atoms with Crippen molar-refractivity contribution < 1.29 is 23.0 Å². The summed E-state index contributed by atoms with van der Waals surface area (Å²) >= 11 is 0. The Morgan fingerprint density at radius 2 is 1.80 bits per heavy atom. The van der Waals surface area contributed by atoms with Gasteiger partial charge in [-0.25, -0.2) is 8.78 Å². The van der Waals surface area contributed by atoms with E-state index in [0.717, 1.165) is 25.9 Å². The van der Waals surface area contributed by atoms with E-state index in [0.29, 0.717) is 24.5 Å². The lowest BCUT2D eigenvalue weighted by atomic mass is 9.91. The molecule has 0 aromatic heterocycles. The van der Waals surface area contributed by atoms with E-state index >= 15 is 0 Å². The monoisotopic (exact) mass is 430 g/mol. The number of hydrogen-bond donors (Lipinski definition) is 0. The topological polar surface area (TPSA) is 27.7 Å². The lowest BCUT2D eigenvalue weighted by Gasteiger charge is -2.30. The van der Waals surface area contributed by atoms with E-state index < -0.39 is 11.7 Å². The van der Waals surface area contributed by atoms with Crippen molar-refractivity contribution in [2.24, 2.45) is 11.8 Å². The van der Waals surface area contributed by atoms with Crippen LogP contribution in [-0.4, -0.2) is 32.5 Å². The lowest BCUT2D eigenvalue weighted by Crippen LogP contribution is -2.31. The first-order valence-corrected chi connectivity index (χ1v) is 11.9. The van der Waals surface area contributed by atoms with Crippen LogP contribution in [0.5, 0.6) is 0 Å². The molecule has 3 nitrogen and oxygen atoms in total. The molecule has 4 unspecified atom stereocenters. The van der Waals surface area contributed by atoms with Crippen LogP contribution in [0.2, 0.25) is 0 Å². The lowest BCUT2D eigenvalue weighted by molar-refractivity contribution is -0.0782. The van der Waals surface area contributed by atoms with Crippen LogP contribution < -0.4 is 0 Å². The first kappa shape index (κ1) is 27.1. The second-order valence-corrected chi connectivity index (χ2v) is 8.78. The van der Waals surface area contributed by atoms with E-state index in [2.05, 4.69) is 6.92 Å². The van der Waals surface area contributed by atoms with Crippen LogP contribution in [0.1, 0.15) is 92.4 Å². The summed E-state index contributed by atoms with van der Waals surface area (Å²) in [5.41, 5.74) is 0.501. The average molecular weight is 431 g/mol. The Morgan fingerprint density at radius 3 is 2.37 bits per heavy atom. The molecule has 0 aliphatic carbocycles. The fourth-order valence-electron chi connectivity index (χ4n) is 4.02. The molecule has 4 atom stereocenters. The molecule has 1 rings (SSSR count). The van der Waals surface area contributed by atoms with Gasteiger partial charge in [0.25, 0.3) is 0 Å². The molecule has 0 aromatic rings. The van der Waals surface area contributed by atoms with Crippen molar-refractivity contribution in [2.45, 2.75) is 105 Å². The minimum atomic E-state index is -0.895. The Bertz CT molecular complexity index is 537. The first-order chi connectivity index (χ1) is 14.3. The van der Waals surface area contributed by atoms with Gasteiger partial charge in [-0.2, -0.15) is 0 Å². The third-order valence-electron chi connectivity index (χ3n) is 6.32. The predicted molar refractivity (Wildman–Crippen MR) is 120 cm³/mol. The smallest absolute Gasteiger partial charge is 0.195 e. The number of unbranched alkanes of at least 4 members (excludes halogenated alkanes) is 2. The van der Waals surface area contributed by atoms with Gasteiger partial charge in [-0.3, -0.25) is 0 Å². The minimum Gasteiger partial charge on any atom is -0.498 e. The molecule has 0 bridgehead atoms. The van der Waals surface area contributed by atoms with Crippen LogP contribution in [0.4, 0.5) is 8.78 Å². The number of rotatable bonds is 14. The van der Waals surface area contributed by atoms with Crippen LogP contribution in [0, 0.1) is 11.8 Å². The second-order valence-electron chi connectivity index (χ2n) is 8.78. The van der Waals surface area contributed by atoms with Crippen molar-refractivity contribution in [3.63, 3.8) is 0 Å². The molecule has 5 heteroatoms. The first-order valence-electron chi connectivity index (χ1n) is 11.9. The van der Waals surface area contributed by atoms with Crippen LogP contribution in [-0.2, 0) is 14.2 Å². The molecule has 0 aromatic carbocycles. The van der Waals surface area contributed by atoms with Gasteiger partial charge in [0.1, 0.15) is 5.76 Å². The number of ether oxygens (including phenoxy) is 3. The van der Waals surface area contributed by atoms with Gasteiger partial charge in [0.2, 0.25) is 0 Å². The van der Waals surface area contributed by atoms with Crippen molar-refractivity contribution in [1.82, 2.24) is 0 Å². The molecule has 0 saturated carbocycles. The second kappa shape index (κ2) is 15.0. The van der Waals surface area contributed by atoms with E-state index in [1.165, 1.54) is 46.1 Å². The number of halogens is 2. The van der Waals surface area contributed by atoms with E-state index in [-0.39, 0.29) is 23.9 Å². The van der Waals surface area contributed by atoms with Gasteiger partial charge in [-0.15, -0.1) is 0 Å². The van der Waals surface area contributed by atoms with Crippen LogP contribution in [0.3, 0.4) is 0 Å². The van der Waals surface area contributed by atoms with Crippen molar-refractivity contribution in [3.05, 3.63) is 23.0 Å². The third kappa shape index (κ3) is 9.47. The zero-order valence-corrected chi connectivity index (χ0v) is 20.1. The Kier molecular flexibility index (Phi) is 13.5. The van der Waals surface area contributed by atoms with Crippen molar-refractivity contribution in [1.29, 1.82) is 0 Å². The van der Waals surface area contributed by atoms with Gasteiger partial charge in [0.15, 0.2) is 11.7 Å². The third-order valence-corrected chi connectivity index (χ3v) is 6.32. The molecule has 1 aliphatic heterocycles. The molecule has 30 heavy (non-hydrogen) atoms. The van der Waals surface area contributed by atoms with E-state index in [4.69, 9.17) is 14.2 Å². The van der Waals surface area contributed by atoms with Gasteiger partial charge in [-0.1, -0.05) is 40.0 Å². The molecule has 0 amide bonds. The van der Waals surface area contributed by atoms with Crippen LogP contribution >= 0.6 is 0 Å². The molecule has 0 N–H and O–H groups in total. The standard InChI is InChI=1S/C25H44F2O3/c1-7-9-10-11-21-14-15-22(30-16-21)17-29-19(4)13-12-18(3)23(8-2)25(27)24(26)20(5)28-6/h18-19,21-22H,7-17H2,1-6H3/b24-20-,25-23-. The van der Waals surface area contributed by atoms with Gasteiger partial charge >= 0.3 is 0 Å². The molecule has 0 radical (unpaired) electrons. The average Bonchev–Trinajstić information content (AvgIpc) is 2.76. The predicted octanol–water partition coefficient (Wildman–Crippen LogP) is 7.66. The largest absolute Gasteiger partial charge is 0.498 e. The highest BCUT2D eigenvalue weighted by Crippen LogP contribution is 2.31. The summed E-state index contributed by atoms with van der Waals surface area (Å²) in [7, 11) is 1.35. The fourth-order valence-corrected chi connectivity index (χ4v) is 4.02. The van der Waals surface area contributed by atoms with E-state index in [1.54, 1.807) is 0 Å². The molecule has 1 aliphatic rings. The maximum Gasteiger partial charge on any atom is 0.195 e. The van der Waals surface area contributed by atoms with E-state index in [9.17, 15) is 8.78 Å². The van der Waals surface area contributed by atoms with Gasteiger partial charge < -0.3 is 14.2 Å². The maximum atomic E-state index is 14.5. The van der Waals surface area contributed by atoms with Crippen molar-refractivity contribution in [3.8, 4) is 0 Å². The Balaban J connectivity index is 2.38. The molecule has 0 spiro atoms. The highest BCUT2D eigenvalue weighted by atomic mass is 19.2. The summed E-state index contributed by atoms with van der Waals surface area (Å²) in [6.45, 7) is 11.0. The molecule has 1 heterocycles.